The minimum Gasteiger partial charge on any atom is -0.336 e. The third-order valence-electron chi connectivity index (χ3n) is 4.91. The summed E-state index contributed by atoms with van der Waals surface area (Å²) in [5.74, 6) is -0.605. The molecule has 1 N–H and O–H groups in total. The molecule has 0 radical (unpaired) electrons. The summed E-state index contributed by atoms with van der Waals surface area (Å²) in [7, 11) is -3.58. The second-order valence-corrected chi connectivity index (χ2v) is 8.61. The molecule has 0 atom stereocenters. The van der Waals surface area contributed by atoms with Gasteiger partial charge in [0.1, 0.15) is 5.82 Å². The smallest absolute Gasteiger partial charge is 0.257 e. The number of halogens is 1. The normalized spacial score (nSPS) is 15.4. The van der Waals surface area contributed by atoms with E-state index in [9.17, 15) is 17.6 Å². The molecular weight excluding hydrogens is 395 g/mol. The quantitative estimate of drug-likeness (QED) is 0.710. The van der Waals surface area contributed by atoms with E-state index in [1.54, 1.807) is 47.4 Å². The van der Waals surface area contributed by atoms with Gasteiger partial charge < -0.3 is 4.90 Å². The fourth-order valence-corrected chi connectivity index (χ4v) is 4.77. The van der Waals surface area contributed by atoms with Crippen LogP contribution >= 0.6 is 0 Å². The summed E-state index contributed by atoms with van der Waals surface area (Å²) in [6.07, 6.45) is 1.44. The lowest BCUT2D eigenvalue weighted by Gasteiger charge is -2.34. The summed E-state index contributed by atoms with van der Waals surface area (Å²) in [6.45, 7) is 0.983. The van der Waals surface area contributed by atoms with Crippen molar-refractivity contribution in [3.05, 3.63) is 72.2 Å². The van der Waals surface area contributed by atoms with Crippen molar-refractivity contribution in [3.63, 3.8) is 0 Å². The lowest BCUT2D eigenvalue weighted by Crippen LogP contribution is -2.50. The Kier molecular flexibility index (Phi) is 5.16. The molecule has 1 aliphatic heterocycles. The molecule has 2 heterocycles. The number of H-pyrrole nitrogens is 1. The molecule has 9 heteroatoms. The van der Waals surface area contributed by atoms with Gasteiger partial charge in [0.05, 0.1) is 22.3 Å². The van der Waals surface area contributed by atoms with Gasteiger partial charge in [-0.3, -0.25) is 9.89 Å². The molecule has 0 saturated carbocycles. The standard InChI is InChI=1S/C20H19FN4O3S/c21-16-8-6-15(7-9-16)19-18(14-22-23-19)20(26)24-10-12-25(13-11-24)29(27,28)17-4-2-1-3-5-17/h1-9,14H,10-13H2,(H,22,23). The highest BCUT2D eigenvalue weighted by atomic mass is 32.2. The molecule has 0 unspecified atom stereocenters. The first-order valence-electron chi connectivity index (χ1n) is 9.10. The van der Waals surface area contributed by atoms with E-state index >= 15 is 0 Å². The molecule has 150 valence electrons. The number of piperazine rings is 1. The summed E-state index contributed by atoms with van der Waals surface area (Å²) in [5.41, 5.74) is 1.53. The highest BCUT2D eigenvalue weighted by Crippen LogP contribution is 2.24. The van der Waals surface area contributed by atoms with Crippen molar-refractivity contribution in [2.75, 3.05) is 26.2 Å². The SMILES string of the molecule is O=C(c1cn[nH]c1-c1ccc(F)cc1)N1CCN(S(=O)(=O)c2ccccc2)CC1. The molecule has 3 aromatic rings. The number of aromatic nitrogens is 2. The second kappa shape index (κ2) is 7.76. The van der Waals surface area contributed by atoms with Gasteiger partial charge in [0.2, 0.25) is 10.0 Å². The molecule has 1 saturated heterocycles. The molecule has 0 spiro atoms. The van der Waals surface area contributed by atoms with Gasteiger partial charge >= 0.3 is 0 Å². The van der Waals surface area contributed by atoms with Crippen LogP contribution in [0, 0.1) is 5.82 Å². The lowest BCUT2D eigenvalue weighted by molar-refractivity contribution is 0.0698. The molecule has 1 aliphatic rings. The van der Waals surface area contributed by atoms with Crippen molar-refractivity contribution in [1.29, 1.82) is 0 Å². The number of rotatable bonds is 4. The third-order valence-corrected chi connectivity index (χ3v) is 6.82. The number of benzene rings is 2. The highest BCUT2D eigenvalue weighted by Gasteiger charge is 2.31. The maximum absolute atomic E-state index is 13.2. The first kappa shape index (κ1) is 19.3. The van der Waals surface area contributed by atoms with Gasteiger partial charge in [-0.2, -0.15) is 9.40 Å². The Hall–Kier alpha value is -3.04. The van der Waals surface area contributed by atoms with Gasteiger partial charge in [-0.25, -0.2) is 12.8 Å². The second-order valence-electron chi connectivity index (χ2n) is 6.67. The topological polar surface area (TPSA) is 86.4 Å². The first-order chi connectivity index (χ1) is 14.0. The zero-order valence-electron chi connectivity index (χ0n) is 15.5. The van der Waals surface area contributed by atoms with Crippen molar-refractivity contribution >= 4 is 15.9 Å². The fraction of sp³-hybridized carbons (Fsp3) is 0.200. The van der Waals surface area contributed by atoms with E-state index in [1.165, 1.54) is 22.6 Å². The summed E-state index contributed by atoms with van der Waals surface area (Å²) < 4.78 is 40.0. The van der Waals surface area contributed by atoms with Crippen molar-refractivity contribution in [3.8, 4) is 11.3 Å². The van der Waals surface area contributed by atoms with Crippen molar-refractivity contribution in [2.24, 2.45) is 0 Å². The monoisotopic (exact) mass is 414 g/mol. The number of nitrogens with zero attached hydrogens (tertiary/aromatic N) is 3. The van der Waals surface area contributed by atoms with Crippen LogP contribution in [0.15, 0.2) is 65.7 Å². The van der Waals surface area contributed by atoms with Gasteiger partial charge in [0.15, 0.2) is 0 Å². The van der Waals surface area contributed by atoms with Crippen LogP contribution in [0.3, 0.4) is 0 Å². The Morgan fingerprint density at radius 2 is 1.62 bits per heavy atom. The molecule has 4 rings (SSSR count). The van der Waals surface area contributed by atoms with Crippen LogP contribution in [-0.2, 0) is 10.0 Å². The highest BCUT2D eigenvalue weighted by molar-refractivity contribution is 7.89. The Morgan fingerprint density at radius 3 is 2.28 bits per heavy atom. The number of nitrogens with one attached hydrogen (secondary N) is 1. The van der Waals surface area contributed by atoms with Gasteiger partial charge in [0, 0.05) is 31.7 Å². The van der Waals surface area contributed by atoms with Crippen LogP contribution in [0.25, 0.3) is 11.3 Å². The minimum atomic E-state index is -3.58. The van der Waals surface area contributed by atoms with E-state index < -0.39 is 10.0 Å². The molecular formula is C20H19FN4O3S. The molecule has 7 nitrogen and oxygen atoms in total. The predicted molar refractivity (Wildman–Crippen MR) is 105 cm³/mol. The van der Waals surface area contributed by atoms with E-state index in [-0.39, 0.29) is 42.8 Å². The zero-order valence-corrected chi connectivity index (χ0v) is 16.3. The molecule has 1 aromatic heterocycles. The number of hydrogen-bond donors (Lipinski definition) is 1. The molecule has 0 bridgehead atoms. The molecule has 29 heavy (non-hydrogen) atoms. The number of aromatic amines is 1. The molecule has 1 amide bonds. The van der Waals surface area contributed by atoms with Crippen LogP contribution < -0.4 is 0 Å². The van der Waals surface area contributed by atoms with Gasteiger partial charge in [-0.15, -0.1) is 0 Å². The van der Waals surface area contributed by atoms with Crippen LogP contribution in [0.2, 0.25) is 0 Å². The Morgan fingerprint density at radius 1 is 0.966 bits per heavy atom. The van der Waals surface area contributed by atoms with Gasteiger partial charge in [-0.05, 0) is 36.4 Å². The van der Waals surface area contributed by atoms with Crippen molar-refractivity contribution in [2.45, 2.75) is 4.90 Å². The Bertz CT molecular complexity index is 1110. The minimum absolute atomic E-state index is 0.215. The molecule has 0 aliphatic carbocycles. The predicted octanol–water partition coefficient (Wildman–Crippen LogP) is 2.36. The summed E-state index contributed by atoms with van der Waals surface area (Å²) in [6, 6.07) is 14.0. The van der Waals surface area contributed by atoms with E-state index in [0.29, 0.717) is 16.8 Å². The van der Waals surface area contributed by atoms with E-state index in [2.05, 4.69) is 10.2 Å². The van der Waals surface area contributed by atoms with Gasteiger partial charge in [0.25, 0.3) is 5.91 Å². The Balaban J connectivity index is 1.48. The number of carbonyl (C=O) groups is 1. The fourth-order valence-electron chi connectivity index (χ4n) is 3.33. The van der Waals surface area contributed by atoms with E-state index in [4.69, 9.17) is 0 Å². The average molecular weight is 414 g/mol. The van der Waals surface area contributed by atoms with Gasteiger partial charge in [-0.1, -0.05) is 18.2 Å². The molecule has 2 aromatic carbocycles. The number of amides is 1. The van der Waals surface area contributed by atoms with E-state index in [1.807, 2.05) is 0 Å². The maximum atomic E-state index is 13.2. The van der Waals surface area contributed by atoms with Crippen LogP contribution in [0.4, 0.5) is 4.39 Å². The summed E-state index contributed by atoms with van der Waals surface area (Å²) in [5, 5.41) is 6.75. The zero-order chi connectivity index (χ0) is 20.4. The summed E-state index contributed by atoms with van der Waals surface area (Å²) in [4.78, 5) is 14.8. The maximum Gasteiger partial charge on any atom is 0.257 e. The van der Waals surface area contributed by atoms with Crippen molar-refractivity contribution in [1.82, 2.24) is 19.4 Å². The third kappa shape index (κ3) is 3.79. The number of carbonyl (C=O) groups excluding carboxylic acids is 1. The van der Waals surface area contributed by atoms with E-state index in [0.717, 1.165) is 0 Å². The average Bonchev–Trinajstić information content (AvgIpc) is 3.24. The first-order valence-corrected chi connectivity index (χ1v) is 10.5. The van der Waals surface area contributed by atoms with Crippen LogP contribution in [-0.4, -0.2) is 59.9 Å². The molecule has 1 fully saturated rings. The largest absolute Gasteiger partial charge is 0.336 e. The number of sulfonamides is 1. The summed E-state index contributed by atoms with van der Waals surface area (Å²) >= 11 is 0. The van der Waals surface area contributed by atoms with Crippen LogP contribution in [0.1, 0.15) is 10.4 Å². The number of hydrogen-bond acceptors (Lipinski definition) is 4. The van der Waals surface area contributed by atoms with Crippen molar-refractivity contribution < 1.29 is 17.6 Å². The van der Waals surface area contributed by atoms with Crippen LogP contribution in [0.5, 0.6) is 0 Å². The lowest BCUT2D eigenvalue weighted by atomic mass is 10.1. The Labute approximate surface area is 167 Å².